The van der Waals surface area contributed by atoms with E-state index in [4.69, 9.17) is 21.1 Å². The van der Waals surface area contributed by atoms with Crippen LogP contribution in [0.1, 0.15) is 10.4 Å². The Balaban J connectivity index is 2.03. The van der Waals surface area contributed by atoms with E-state index >= 15 is 0 Å². The Bertz CT molecular complexity index is 870. The van der Waals surface area contributed by atoms with Crippen LogP contribution in [0.15, 0.2) is 36.4 Å². The molecule has 0 heterocycles. The van der Waals surface area contributed by atoms with E-state index < -0.39 is 23.4 Å². The molecule has 2 aromatic rings. The van der Waals surface area contributed by atoms with E-state index in [0.29, 0.717) is 0 Å². The number of anilines is 1. The molecule has 0 aliphatic heterocycles. The van der Waals surface area contributed by atoms with Crippen molar-refractivity contribution < 1.29 is 29.1 Å². The molecule has 0 fully saturated rings. The molecule has 0 bridgehead atoms. The van der Waals surface area contributed by atoms with Crippen molar-refractivity contribution in [2.24, 2.45) is 0 Å². The number of phenols is 1. The zero-order valence-electron chi connectivity index (χ0n) is 13.4. The second-order valence-electron chi connectivity index (χ2n) is 4.93. The van der Waals surface area contributed by atoms with Gasteiger partial charge in [-0.05, 0) is 24.3 Å². The molecule has 136 valence electrons. The summed E-state index contributed by atoms with van der Waals surface area (Å²) in [6.07, 6.45) is 0. The quantitative estimate of drug-likeness (QED) is 0.448. The fourth-order valence-corrected chi connectivity index (χ4v) is 2.15. The molecule has 0 unspecified atom stereocenters. The minimum absolute atomic E-state index is 0.0529. The number of benzene rings is 2. The number of halogens is 1. The SMILES string of the molecule is COc1ccc([N+](=O)[O-])cc1NC(=O)COC(=O)c1ccc(Cl)cc1O. The maximum atomic E-state index is 11.9. The second-order valence-corrected chi connectivity index (χ2v) is 5.36. The molecule has 0 aromatic heterocycles. The Morgan fingerprint density at radius 3 is 2.62 bits per heavy atom. The highest BCUT2D eigenvalue weighted by Gasteiger charge is 2.17. The number of aromatic hydroxyl groups is 1. The van der Waals surface area contributed by atoms with E-state index in [9.17, 15) is 24.8 Å². The van der Waals surface area contributed by atoms with Crippen LogP contribution in [0.2, 0.25) is 5.02 Å². The summed E-state index contributed by atoms with van der Waals surface area (Å²) < 4.78 is 9.82. The highest BCUT2D eigenvalue weighted by molar-refractivity contribution is 6.30. The number of non-ortho nitro benzene ring substituents is 1. The molecule has 10 heteroatoms. The number of nitrogens with one attached hydrogen (secondary N) is 1. The smallest absolute Gasteiger partial charge is 0.342 e. The van der Waals surface area contributed by atoms with Crippen LogP contribution in [0, 0.1) is 10.1 Å². The number of amides is 1. The molecular weight excluding hydrogens is 368 g/mol. The molecular formula is C16H13ClN2O7. The standard InChI is InChI=1S/C16H13ClN2O7/c1-25-14-5-3-10(19(23)24)7-12(14)18-15(21)8-26-16(22)11-4-2-9(17)6-13(11)20/h2-7,20H,8H2,1H3,(H,18,21). The molecule has 0 saturated carbocycles. The molecule has 2 aromatic carbocycles. The molecule has 0 spiro atoms. The first-order valence-electron chi connectivity index (χ1n) is 7.09. The van der Waals surface area contributed by atoms with Crippen LogP contribution in [0.25, 0.3) is 0 Å². The molecule has 2 rings (SSSR count). The first-order chi connectivity index (χ1) is 12.3. The summed E-state index contributed by atoms with van der Waals surface area (Å²) >= 11 is 5.67. The topological polar surface area (TPSA) is 128 Å². The lowest BCUT2D eigenvalue weighted by Crippen LogP contribution is -2.21. The van der Waals surface area contributed by atoms with Crippen LogP contribution in [-0.4, -0.2) is 35.6 Å². The third kappa shape index (κ3) is 4.61. The number of hydrogen-bond acceptors (Lipinski definition) is 7. The van der Waals surface area contributed by atoms with Gasteiger partial charge in [-0.15, -0.1) is 0 Å². The predicted octanol–water partition coefficient (Wildman–Crippen LogP) is 2.76. The monoisotopic (exact) mass is 380 g/mol. The largest absolute Gasteiger partial charge is 0.507 e. The van der Waals surface area contributed by atoms with Crippen LogP contribution >= 0.6 is 11.6 Å². The Morgan fingerprint density at radius 2 is 2.00 bits per heavy atom. The van der Waals surface area contributed by atoms with Crippen molar-refractivity contribution in [1.29, 1.82) is 0 Å². The predicted molar refractivity (Wildman–Crippen MR) is 91.7 cm³/mol. The second kappa shape index (κ2) is 8.17. The number of methoxy groups -OCH3 is 1. The van der Waals surface area contributed by atoms with E-state index in [1.165, 1.54) is 31.4 Å². The van der Waals surface area contributed by atoms with Gasteiger partial charge in [-0.3, -0.25) is 14.9 Å². The number of nitrogens with zero attached hydrogens (tertiary/aromatic N) is 1. The molecule has 0 aliphatic rings. The molecule has 2 N–H and O–H groups in total. The van der Waals surface area contributed by atoms with Crippen molar-refractivity contribution in [1.82, 2.24) is 0 Å². The third-order valence-electron chi connectivity index (χ3n) is 3.18. The molecule has 0 saturated heterocycles. The number of phenolic OH excluding ortho intramolecular Hbond substituents is 1. The van der Waals surface area contributed by atoms with Crippen LogP contribution in [0.4, 0.5) is 11.4 Å². The van der Waals surface area contributed by atoms with E-state index in [2.05, 4.69) is 5.32 Å². The fourth-order valence-electron chi connectivity index (χ4n) is 1.98. The van der Waals surface area contributed by atoms with Gasteiger partial charge in [0, 0.05) is 17.2 Å². The summed E-state index contributed by atoms with van der Waals surface area (Å²) in [6, 6.07) is 7.45. The van der Waals surface area contributed by atoms with Crippen molar-refractivity contribution in [2.75, 3.05) is 19.0 Å². The van der Waals surface area contributed by atoms with Crippen LogP contribution in [0.5, 0.6) is 11.5 Å². The maximum Gasteiger partial charge on any atom is 0.342 e. The first kappa shape index (κ1) is 19.0. The van der Waals surface area contributed by atoms with Gasteiger partial charge in [-0.2, -0.15) is 0 Å². The van der Waals surface area contributed by atoms with Crippen molar-refractivity contribution in [3.63, 3.8) is 0 Å². The Kier molecular flexibility index (Phi) is 5.97. The van der Waals surface area contributed by atoms with E-state index in [-0.39, 0.29) is 33.5 Å². The fraction of sp³-hybridized carbons (Fsp3) is 0.125. The number of hydrogen-bond donors (Lipinski definition) is 2. The Morgan fingerprint density at radius 1 is 1.27 bits per heavy atom. The van der Waals surface area contributed by atoms with Crippen molar-refractivity contribution in [3.8, 4) is 11.5 Å². The summed E-state index contributed by atoms with van der Waals surface area (Å²) in [5.41, 5.74) is -0.351. The molecule has 0 radical (unpaired) electrons. The van der Waals surface area contributed by atoms with E-state index in [1.807, 2.05) is 0 Å². The van der Waals surface area contributed by atoms with Gasteiger partial charge >= 0.3 is 5.97 Å². The number of carbonyl (C=O) groups is 2. The maximum absolute atomic E-state index is 11.9. The highest BCUT2D eigenvalue weighted by Crippen LogP contribution is 2.29. The number of nitro benzene ring substituents is 1. The van der Waals surface area contributed by atoms with Crippen LogP contribution < -0.4 is 10.1 Å². The average molecular weight is 381 g/mol. The molecule has 1 amide bonds. The van der Waals surface area contributed by atoms with Gasteiger partial charge in [0.2, 0.25) is 0 Å². The molecule has 9 nitrogen and oxygen atoms in total. The number of ether oxygens (including phenoxy) is 2. The normalized spacial score (nSPS) is 10.1. The van der Waals surface area contributed by atoms with Crippen molar-refractivity contribution >= 4 is 34.9 Å². The van der Waals surface area contributed by atoms with Crippen molar-refractivity contribution in [2.45, 2.75) is 0 Å². The first-order valence-corrected chi connectivity index (χ1v) is 7.47. The minimum atomic E-state index is -0.930. The molecule has 26 heavy (non-hydrogen) atoms. The summed E-state index contributed by atoms with van der Waals surface area (Å²) in [7, 11) is 1.33. The van der Waals surface area contributed by atoms with E-state index in [1.54, 1.807) is 0 Å². The molecule has 0 aliphatic carbocycles. The van der Waals surface area contributed by atoms with Gasteiger partial charge < -0.3 is 19.9 Å². The minimum Gasteiger partial charge on any atom is -0.507 e. The lowest BCUT2D eigenvalue weighted by Gasteiger charge is -2.10. The van der Waals surface area contributed by atoms with Crippen LogP contribution in [-0.2, 0) is 9.53 Å². The summed E-state index contributed by atoms with van der Waals surface area (Å²) in [5, 5.41) is 23.1. The average Bonchev–Trinajstić information content (AvgIpc) is 2.59. The number of nitro groups is 1. The summed E-state index contributed by atoms with van der Waals surface area (Å²) in [4.78, 5) is 34.0. The van der Waals surface area contributed by atoms with Gasteiger partial charge in [-0.25, -0.2) is 4.79 Å². The van der Waals surface area contributed by atoms with Gasteiger partial charge in [0.05, 0.1) is 17.7 Å². The number of carbonyl (C=O) groups excluding carboxylic acids is 2. The lowest BCUT2D eigenvalue weighted by molar-refractivity contribution is -0.384. The lowest BCUT2D eigenvalue weighted by atomic mass is 10.2. The molecule has 0 atom stereocenters. The zero-order chi connectivity index (χ0) is 19.3. The Labute approximate surface area is 152 Å². The summed E-state index contributed by atoms with van der Waals surface area (Å²) in [5.74, 6) is -1.86. The third-order valence-corrected chi connectivity index (χ3v) is 3.42. The van der Waals surface area contributed by atoms with Gasteiger partial charge in [0.25, 0.3) is 11.6 Å². The van der Waals surface area contributed by atoms with Crippen LogP contribution in [0.3, 0.4) is 0 Å². The zero-order valence-corrected chi connectivity index (χ0v) is 14.1. The van der Waals surface area contributed by atoms with E-state index in [0.717, 1.165) is 12.1 Å². The highest BCUT2D eigenvalue weighted by atomic mass is 35.5. The van der Waals surface area contributed by atoms with Crippen molar-refractivity contribution in [3.05, 3.63) is 57.1 Å². The summed E-state index contributed by atoms with van der Waals surface area (Å²) in [6.45, 7) is -0.674. The number of rotatable bonds is 6. The van der Waals surface area contributed by atoms with Gasteiger partial charge in [0.1, 0.15) is 17.1 Å². The van der Waals surface area contributed by atoms with Gasteiger partial charge in [-0.1, -0.05) is 11.6 Å². The Hall–Kier alpha value is -3.33. The van der Waals surface area contributed by atoms with Gasteiger partial charge in [0.15, 0.2) is 6.61 Å². The number of esters is 1.